The quantitative estimate of drug-likeness (QED) is 0.239. The average molecular weight is 516 g/mol. The largest absolute Gasteiger partial charge is 0.459 e. The number of hydrogen-bond acceptors (Lipinski definition) is 8. The highest BCUT2D eigenvalue weighted by Gasteiger charge is 2.21. The van der Waals surface area contributed by atoms with Gasteiger partial charge in [0.15, 0.2) is 5.82 Å². The Kier molecular flexibility index (Phi) is 7.87. The van der Waals surface area contributed by atoms with E-state index in [2.05, 4.69) is 46.3 Å². The fourth-order valence-corrected chi connectivity index (χ4v) is 4.33. The number of nitrogens with one attached hydrogen (secondary N) is 1. The number of carbonyl (C=O) groups is 1. The monoisotopic (exact) mass is 515 g/mol. The van der Waals surface area contributed by atoms with Crippen LogP contribution in [-0.2, 0) is 4.74 Å². The van der Waals surface area contributed by atoms with Gasteiger partial charge < -0.3 is 30.2 Å². The molecule has 38 heavy (non-hydrogen) atoms. The van der Waals surface area contributed by atoms with Crippen LogP contribution in [0.25, 0.3) is 16.7 Å². The Morgan fingerprint density at radius 2 is 1.84 bits per heavy atom. The van der Waals surface area contributed by atoms with E-state index in [0.717, 1.165) is 46.5 Å². The van der Waals surface area contributed by atoms with Gasteiger partial charge in [0, 0.05) is 43.6 Å². The number of esters is 1. The molecule has 2 aromatic heterocycles. The lowest BCUT2D eigenvalue weighted by Gasteiger charge is -2.24. The van der Waals surface area contributed by atoms with Crippen molar-refractivity contribution in [2.45, 2.75) is 33.8 Å². The predicted molar refractivity (Wildman–Crippen MR) is 155 cm³/mol. The Balaban J connectivity index is 1.73. The summed E-state index contributed by atoms with van der Waals surface area (Å²) in [7, 11) is 6.14. The van der Waals surface area contributed by atoms with Crippen LogP contribution in [0.1, 0.15) is 35.3 Å². The molecule has 0 unspecified atom stereocenters. The molecule has 2 aromatic carbocycles. The first kappa shape index (κ1) is 26.9. The van der Waals surface area contributed by atoms with Crippen molar-refractivity contribution in [3.05, 3.63) is 65.5 Å². The number of carbonyl (C=O) groups excluding carboxylic acids is 1. The van der Waals surface area contributed by atoms with Crippen molar-refractivity contribution in [2.24, 2.45) is 0 Å². The lowest BCUT2D eigenvalue weighted by atomic mass is 10.1. The zero-order valence-electron chi connectivity index (χ0n) is 23.2. The van der Waals surface area contributed by atoms with Crippen molar-refractivity contribution in [3.63, 3.8) is 0 Å². The van der Waals surface area contributed by atoms with Crippen molar-refractivity contribution in [2.75, 3.05) is 50.2 Å². The lowest BCUT2D eigenvalue weighted by Crippen LogP contribution is -2.29. The summed E-state index contributed by atoms with van der Waals surface area (Å²) in [5, 5.41) is 4.39. The number of benzene rings is 2. The van der Waals surface area contributed by atoms with Crippen LogP contribution >= 0.6 is 0 Å². The summed E-state index contributed by atoms with van der Waals surface area (Å²) >= 11 is 0. The molecule has 4 aromatic rings. The van der Waals surface area contributed by atoms with Crippen LogP contribution in [-0.4, -0.2) is 65.7 Å². The van der Waals surface area contributed by atoms with Gasteiger partial charge in [0.05, 0.1) is 23.0 Å². The van der Waals surface area contributed by atoms with Crippen molar-refractivity contribution in [3.8, 4) is 5.82 Å². The van der Waals surface area contributed by atoms with E-state index in [4.69, 9.17) is 15.5 Å². The third-order valence-electron chi connectivity index (χ3n) is 6.38. The first-order valence-electron chi connectivity index (χ1n) is 12.7. The minimum Gasteiger partial charge on any atom is -0.459 e. The Hall–Kier alpha value is -4.11. The highest BCUT2D eigenvalue weighted by molar-refractivity contribution is 5.94. The van der Waals surface area contributed by atoms with Crippen LogP contribution in [0, 0.1) is 13.8 Å². The smallest absolute Gasteiger partial charge is 0.343 e. The van der Waals surface area contributed by atoms with Gasteiger partial charge in [-0.3, -0.25) is 0 Å². The number of nitrogens with two attached hydrogens (primary N) is 1. The zero-order chi connectivity index (χ0) is 27.6. The number of para-hydroxylation sites is 1. The Morgan fingerprint density at radius 3 is 2.55 bits per heavy atom. The Labute approximate surface area is 224 Å². The van der Waals surface area contributed by atoms with Crippen LogP contribution in [0.3, 0.4) is 0 Å². The Bertz CT molecular complexity index is 1460. The molecule has 0 amide bonds. The van der Waals surface area contributed by atoms with Gasteiger partial charge in [-0.05, 0) is 71.1 Å². The maximum Gasteiger partial charge on any atom is 0.343 e. The second-order valence-corrected chi connectivity index (χ2v) is 10.2. The van der Waals surface area contributed by atoms with Gasteiger partial charge in [0.25, 0.3) is 0 Å². The molecule has 0 saturated heterocycles. The van der Waals surface area contributed by atoms with Crippen molar-refractivity contribution in [1.29, 1.82) is 0 Å². The molecule has 0 aliphatic carbocycles. The number of aryl methyl sites for hydroxylation is 2. The van der Waals surface area contributed by atoms with Gasteiger partial charge in [0.1, 0.15) is 5.56 Å². The van der Waals surface area contributed by atoms with Crippen LogP contribution in [0.4, 0.5) is 23.0 Å². The first-order valence-corrected chi connectivity index (χ1v) is 12.7. The zero-order valence-corrected chi connectivity index (χ0v) is 23.2. The average Bonchev–Trinajstić information content (AvgIpc) is 3.20. The molecule has 3 N–H and O–H groups in total. The molecule has 9 nitrogen and oxygen atoms in total. The summed E-state index contributed by atoms with van der Waals surface area (Å²) < 4.78 is 7.42. The second kappa shape index (κ2) is 11.1. The maximum absolute atomic E-state index is 13.0. The number of aromatic nitrogens is 3. The molecular weight excluding hydrogens is 478 g/mol. The summed E-state index contributed by atoms with van der Waals surface area (Å²) in [5.41, 5.74) is 12.2. The molecule has 2 heterocycles. The molecule has 0 radical (unpaired) electrons. The maximum atomic E-state index is 13.0. The number of nitrogen functional groups attached to an aromatic ring is 1. The number of rotatable bonds is 9. The molecule has 0 fully saturated rings. The first-order chi connectivity index (χ1) is 18.0. The lowest BCUT2D eigenvalue weighted by molar-refractivity contribution is 0.0377. The minimum absolute atomic E-state index is 0.267. The van der Waals surface area contributed by atoms with Crippen molar-refractivity contribution < 1.29 is 9.53 Å². The Morgan fingerprint density at radius 1 is 1.11 bits per heavy atom. The van der Waals surface area contributed by atoms with Gasteiger partial charge in [-0.25, -0.2) is 9.78 Å². The summed E-state index contributed by atoms with van der Waals surface area (Å²) in [4.78, 5) is 26.5. The van der Waals surface area contributed by atoms with E-state index in [-0.39, 0.29) is 6.10 Å². The third kappa shape index (κ3) is 5.73. The van der Waals surface area contributed by atoms with Crippen LogP contribution in [0.15, 0.2) is 48.8 Å². The van der Waals surface area contributed by atoms with E-state index in [1.54, 1.807) is 0 Å². The topological polar surface area (TPSA) is 102 Å². The molecule has 0 bridgehead atoms. The van der Waals surface area contributed by atoms with E-state index in [1.807, 2.05) is 69.8 Å². The number of ether oxygens (including phenoxy) is 1. The molecule has 200 valence electrons. The third-order valence-corrected chi connectivity index (χ3v) is 6.38. The fraction of sp³-hybridized carbons (Fsp3) is 0.345. The van der Waals surface area contributed by atoms with Crippen molar-refractivity contribution in [1.82, 2.24) is 19.4 Å². The summed E-state index contributed by atoms with van der Waals surface area (Å²) in [6.07, 6.45) is 3.22. The molecule has 0 aliphatic rings. The number of fused-ring (bicyclic) bond motifs is 1. The van der Waals surface area contributed by atoms with E-state index >= 15 is 0 Å². The molecule has 0 saturated carbocycles. The molecule has 0 spiro atoms. The molecule has 0 aliphatic heterocycles. The highest BCUT2D eigenvalue weighted by atomic mass is 16.5. The van der Waals surface area contributed by atoms with Crippen LogP contribution in [0.2, 0.25) is 0 Å². The van der Waals surface area contributed by atoms with Gasteiger partial charge in [0.2, 0.25) is 5.95 Å². The van der Waals surface area contributed by atoms with Gasteiger partial charge in [-0.1, -0.05) is 18.2 Å². The summed E-state index contributed by atoms with van der Waals surface area (Å²) in [6, 6.07) is 12.0. The van der Waals surface area contributed by atoms with E-state index in [9.17, 15) is 4.79 Å². The van der Waals surface area contributed by atoms with Gasteiger partial charge in [-0.15, -0.1) is 0 Å². The highest BCUT2D eigenvalue weighted by Crippen LogP contribution is 2.31. The standard InChI is InChI=1S/C29H37N7O2/c1-18(2)38-28(37)22-16-31-29(33-27(22)36-17-20(4)21-10-8-9-11-25(21)36)32-24-15-23(30)26(14-19(24)3)35(7)13-12-34(5)6/h8-11,14-18H,12-13,30H2,1-7H3,(H,31,32,33). The normalized spacial score (nSPS) is 11.4. The number of anilines is 4. The van der Waals surface area contributed by atoms with E-state index in [0.29, 0.717) is 23.0 Å². The van der Waals surface area contributed by atoms with E-state index < -0.39 is 5.97 Å². The van der Waals surface area contributed by atoms with Crippen LogP contribution < -0.4 is 16.0 Å². The molecular formula is C29H37N7O2. The fourth-order valence-electron chi connectivity index (χ4n) is 4.33. The molecule has 9 heteroatoms. The predicted octanol–water partition coefficient (Wildman–Crippen LogP) is 4.93. The second-order valence-electron chi connectivity index (χ2n) is 10.2. The number of hydrogen-bond donors (Lipinski definition) is 2. The van der Waals surface area contributed by atoms with E-state index in [1.165, 1.54) is 6.20 Å². The van der Waals surface area contributed by atoms with Gasteiger partial charge in [-0.2, -0.15) is 4.98 Å². The summed E-state index contributed by atoms with van der Waals surface area (Å²) in [5.74, 6) is 0.332. The van der Waals surface area contributed by atoms with Gasteiger partial charge >= 0.3 is 5.97 Å². The molecule has 4 rings (SSSR count). The van der Waals surface area contributed by atoms with Crippen molar-refractivity contribution >= 4 is 39.9 Å². The number of likely N-dealkylation sites (N-methyl/N-ethyl adjacent to an activating group) is 2. The minimum atomic E-state index is -0.470. The molecule has 0 atom stereocenters. The van der Waals surface area contributed by atoms with Crippen LogP contribution in [0.5, 0.6) is 0 Å². The SMILES string of the molecule is Cc1cc(N(C)CCN(C)C)c(N)cc1Nc1ncc(C(=O)OC(C)C)c(-n2cc(C)c3ccccc32)n1. The summed E-state index contributed by atoms with van der Waals surface area (Å²) in [6.45, 7) is 9.47. The number of nitrogens with zero attached hydrogens (tertiary/aromatic N) is 5.